The predicted molar refractivity (Wildman–Crippen MR) is 75.4 cm³/mol. The first-order valence-electron chi connectivity index (χ1n) is 6.45. The van der Waals surface area contributed by atoms with Crippen molar-refractivity contribution in [2.75, 3.05) is 20.2 Å². The second-order valence-electron chi connectivity index (χ2n) is 4.40. The average molecular weight is 304 g/mol. The highest BCUT2D eigenvalue weighted by atomic mass is 32.2. The summed E-state index contributed by atoms with van der Waals surface area (Å²) in [6.07, 6.45) is -0.240. The van der Waals surface area contributed by atoms with Gasteiger partial charge in [-0.05, 0) is 38.6 Å². The fourth-order valence-corrected chi connectivity index (χ4v) is 3.13. The molecule has 20 heavy (non-hydrogen) atoms. The molecule has 0 aromatic heterocycles. The standard InChI is InChI=1S/C13H21FN2O3S/c1-4-19-10(2)8-16-20(17,18)13-7-12(14)6-5-11(13)9-15-3/h5-7,10,15-16H,4,8-9H2,1-3H3. The molecule has 1 atom stereocenters. The normalized spacial score (nSPS) is 13.4. The van der Waals surface area contributed by atoms with Gasteiger partial charge in [0.05, 0.1) is 11.0 Å². The van der Waals surface area contributed by atoms with Crippen LogP contribution < -0.4 is 10.0 Å². The van der Waals surface area contributed by atoms with E-state index in [-0.39, 0.29) is 17.5 Å². The number of sulfonamides is 1. The molecular weight excluding hydrogens is 283 g/mol. The van der Waals surface area contributed by atoms with Crippen LogP contribution in [0.25, 0.3) is 0 Å². The van der Waals surface area contributed by atoms with E-state index < -0.39 is 15.8 Å². The summed E-state index contributed by atoms with van der Waals surface area (Å²) < 4.78 is 45.5. The van der Waals surface area contributed by atoms with E-state index in [1.54, 1.807) is 14.0 Å². The summed E-state index contributed by atoms with van der Waals surface area (Å²) in [6, 6.07) is 3.74. The van der Waals surface area contributed by atoms with Gasteiger partial charge in [0.15, 0.2) is 0 Å². The quantitative estimate of drug-likeness (QED) is 0.758. The molecule has 0 spiro atoms. The van der Waals surface area contributed by atoms with Gasteiger partial charge in [-0.1, -0.05) is 6.07 Å². The zero-order chi connectivity index (χ0) is 15.2. The van der Waals surface area contributed by atoms with E-state index in [0.29, 0.717) is 18.7 Å². The van der Waals surface area contributed by atoms with Crippen molar-refractivity contribution in [2.24, 2.45) is 0 Å². The van der Waals surface area contributed by atoms with E-state index in [9.17, 15) is 12.8 Å². The first kappa shape index (κ1) is 17.0. The zero-order valence-corrected chi connectivity index (χ0v) is 12.8. The highest BCUT2D eigenvalue weighted by Crippen LogP contribution is 2.17. The first-order chi connectivity index (χ1) is 9.40. The average Bonchev–Trinajstić information content (AvgIpc) is 2.39. The third-order valence-electron chi connectivity index (χ3n) is 2.70. The molecule has 0 amide bonds. The molecule has 0 aliphatic carbocycles. The molecule has 1 rings (SSSR count). The molecule has 1 unspecified atom stereocenters. The highest BCUT2D eigenvalue weighted by Gasteiger charge is 2.19. The Balaban J connectivity index is 2.93. The minimum Gasteiger partial charge on any atom is -0.377 e. The van der Waals surface area contributed by atoms with Crippen LogP contribution >= 0.6 is 0 Å². The maximum absolute atomic E-state index is 13.3. The largest absolute Gasteiger partial charge is 0.377 e. The van der Waals surface area contributed by atoms with Crippen LogP contribution in [-0.2, 0) is 21.3 Å². The number of halogens is 1. The van der Waals surface area contributed by atoms with Crippen LogP contribution in [0.1, 0.15) is 19.4 Å². The highest BCUT2D eigenvalue weighted by molar-refractivity contribution is 7.89. The monoisotopic (exact) mass is 304 g/mol. The van der Waals surface area contributed by atoms with E-state index in [1.807, 2.05) is 6.92 Å². The summed E-state index contributed by atoms with van der Waals surface area (Å²) in [5, 5.41) is 2.86. The van der Waals surface area contributed by atoms with E-state index in [0.717, 1.165) is 6.07 Å². The lowest BCUT2D eigenvalue weighted by molar-refractivity contribution is 0.0799. The molecule has 0 aliphatic rings. The molecule has 114 valence electrons. The van der Waals surface area contributed by atoms with Gasteiger partial charge in [0.25, 0.3) is 0 Å². The summed E-state index contributed by atoms with van der Waals surface area (Å²) in [7, 11) is -2.06. The second kappa shape index (κ2) is 7.68. The van der Waals surface area contributed by atoms with Crippen molar-refractivity contribution in [3.8, 4) is 0 Å². The molecule has 5 nitrogen and oxygen atoms in total. The summed E-state index contributed by atoms with van der Waals surface area (Å²) >= 11 is 0. The van der Waals surface area contributed by atoms with Gasteiger partial charge in [0.1, 0.15) is 5.82 Å². The Morgan fingerprint density at radius 1 is 1.40 bits per heavy atom. The maximum atomic E-state index is 13.3. The van der Waals surface area contributed by atoms with Gasteiger partial charge in [0, 0.05) is 19.7 Å². The summed E-state index contributed by atoms with van der Waals surface area (Å²) in [6.45, 7) is 4.60. The lowest BCUT2D eigenvalue weighted by Crippen LogP contribution is -2.33. The molecule has 0 saturated carbocycles. The number of hydrogen-bond acceptors (Lipinski definition) is 4. The van der Waals surface area contributed by atoms with Crippen molar-refractivity contribution < 1.29 is 17.5 Å². The molecule has 0 aliphatic heterocycles. The maximum Gasteiger partial charge on any atom is 0.241 e. The lowest BCUT2D eigenvalue weighted by atomic mass is 10.2. The Hall–Kier alpha value is -1.02. The smallest absolute Gasteiger partial charge is 0.241 e. The minimum absolute atomic E-state index is 0.0458. The number of ether oxygens (including phenoxy) is 1. The number of rotatable bonds is 8. The molecule has 0 radical (unpaired) electrons. The van der Waals surface area contributed by atoms with Crippen molar-refractivity contribution in [3.63, 3.8) is 0 Å². The fourth-order valence-electron chi connectivity index (χ4n) is 1.76. The summed E-state index contributed by atoms with van der Waals surface area (Å²) in [5.41, 5.74) is 0.519. The number of nitrogens with one attached hydrogen (secondary N) is 2. The Morgan fingerprint density at radius 3 is 2.70 bits per heavy atom. The Labute approximate surface area is 119 Å². The topological polar surface area (TPSA) is 67.4 Å². The van der Waals surface area contributed by atoms with E-state index in [4.69, 9.17) is 4.74 Å². The molecule has 1 aromatic rings. The third kappa shape index (κ3) is 4.82. The van der Waals surface area contributed by atoms with Crippen LogP contribution in [-0.4, -0.2) is 34.7 Å². The zero-order valence-electron chi connectivity index (χ0n) is 11.9. The number of hydrogen-bond donors (Lipinski definition) is 2. The van der Waals surface area contributed by atoms with Crippen molar-refractivity contribution in [3.05, 3.63) is 29.6 Å². The van der Waals surface area contributed by atoms with E-state index >= 15 is 0 Å². The van der Waals surface area contributed by atoms with Crippen LogP contribution in [0.4, 0.5) is 4.39 Å². The second-order valence-corrected chi connectivity index (χ2v) is 6.14. The van der Waals surface area contributed by atoms with Gasteiger partial charge in [-0.25, -0.2) is 17.5 Å². The van der Waals surface area contributed by atoms with Crippen LogP contribution in [0.5, 0.6) is 0 Å². The van der Waals surface area contributed by atoms with Crippen LogP contribution in [0.2, 0.25) is 0 Å². The van der Waals surface area contributed by atoms with Crippen LogP contribution in [0.3, 0.4) is 0 Å². The van der Waals surface area contributed by atoms with Crippen LogP contribution in [0, 0.1) is 5.82 Å². The Morgan fingerprint density at radius 2 is 2.10 bits per heavy atom. The fraction of sp³-hybridized carbons (Fsp3) is 0.538. The van der Waals surface area contributed by atoms with Gasteiger partial charge in [0.2, 0.25) is 10.0 Å². The van der Waals surface area contributed by atoms with Crippen molar-refractivity contribution >= 4 is 10.0 Å². The lowest BCUT2D eigenvalue weighted by Gasteiger charge is -2.15. The van der Waals surface area contributed by atoms with Gasteiger partial charge < -0.3 is 10.1 Å². The summed E-state index contributed by atoms with van der Waals surface area (Å²) in [4.78, 5) is -0.0458. The van der Waals surface area contributed by atoms with E-state index in [2.05, 4.69) is 10.0 Å². The molecule has 0 heterocycles. The van der Waals surface area contributed by atoms with Crippen LogP contribution in [0.15, 0.2) is 23.1 Å². The van der Waals surface area contributed by atoms with Crippen molar-refractivity contribution in [1.82, 2.24) is 10.0 Å². The van der Waals surface area contributed by atoms with Gasteiger partial charge >= 0.3 is 0 Å². The molecule has 0 bridgehead atoms. The molecule has 2 N–H and O–H groups in total. The molecule has 1 aromatic carbocycles. The third-order valence-corrected chi connectivity index (χ3v) is 4.20. The van der Waals surface area contributed by atoms with Gasteiger partial charge in [-0.3, -0.25) is 0 Å². The number of benzene rings is 1. The van der Waals surface area contributed by atoms with Crippen molar-refractivity contribution in [2.45, 2.75) is 31.4 Å². The molecule has 0 fully saturated rings. The summed E-state index contributed by atoms with van der Waals surface area (Å²) in [5.74, 6) is -0.580. The van der Waals surface area contributed by atoms with Crippen molar-refractivity contribution in [1.29, 1.82) is 0 Å². The Bertz CT molecular complexity index is 534. The minimum atomic E-state index is -3.76. The SMILES string of the molecule is CCOC(C)CNS(=O)(=O)c1cc(F)ccc1CNC. The first-order valence-corrected chi connectivity index (χ1v) is 7.93. The molecular formula is C13H21FN2O3S. The van der Waals surface area contributed by atoms with E-state index in [1.165, 1.54) is 12.1 Å². The van der Waals surface area contributed by atoms with Gasteiger partial charge in [-0.2, -0.15) is 0 Å². The molecule has 0 saturated heterocycles. The Kier molecular flexibility index (Phi) is 6.54. The molecule has 7 heteroatoms. The predicted octanol–water partition coefficient (Wildman–Crippen LogP) is 1.25. The van der Waals surface area contributed by atoms with Gasteiger partial charge in [-0.15, -0.1) is 0 Å².